The Balaban J connectivity index is 2.27. The Kier molecular flexibility index (Phi) is 4.35. The van der Waals surface area contributed by atoms with Crippen molar-refractivity contribution in [2.75, 3.05) is 0 Å². The molecule has 8 heteroatoms. The van der Waals surface area contributed by atoms with Gasteiger partial charge in [-0.25, -0.2) is 0 Å². The van der Waals surface area contributed by atoms with Gasteiger partial charge in [-0.15, -0.1) is 0 Å². The van der Waals surface area contributed by atoms with E-state index in [1.165, 1.54) is 6.21 Å². The van der Waals surface area contributed by atoms with Crippen LogP contribution in [0.1, 0.15) is 5.56 Å². The van der Waals surface area contributed by atoms with Gasteiger partial charge in [0.05, 0.1) is 9.82 Å². The Morgan fingerprint density at radius 3 is 2.38 bits per heavy atom. The summed E-state index contributed by atoms with van der Waals surface area (Å²) < 4.78 is 27.5. The van der Waals surface area contributed by atoms with Crippen molar-refractivity contribution in [2.45, 2.75) is 4.90 Å². The molecule has 0 aromatic heterocycles. The molecule has 0 bridgehead atoms. The smallest absolute Gasteiger partial charge is 0.258 e. The minimum Gasteiger partial charge on any atom is -0.258 e. The molecule has 0 aliphatic carbocycles. The number of sulfonamides is 1. The predicted molar refractivity (Wildman–Crippen MR) is 79.3 cm³/mol. The van der Waals surface area contributed by atoms with Crippen molar-refractivity contribution in [3.05, 3.63) is 69.2 Å². The summed E-state index contributed by atoms with van der Waals surface area (Å²) >= 11 is 5.78. The van der Waals surface area contributed by atoms with Gasteiger partial charge in [0.25, 0.3) is 15.7 Å². The van der Waals surface area contributed by atoms with Gasteiger partial charge in [-0.05, 0) is 29.8 Å². The van der Waals surface area contributed by atoms with Gasteiger partial charge < -0.3 is 0 Å². The van der Waals surface area contributed by atoms with E-state index in [4.69, 9.17) is 11.6 Å². The Hall–Kier alpha value is -2.25. The molecule has 0 heterocycles. The summed E-state index contributed by atoms with van der Waals surface area (Å²) in [6.45, 7) is 0. The molecule has 108 valence electrons. The van der Waals surface area contributed by atoms with E-state index >= 15 is 0 Å². The van der Waals surface area contributed by atoms with Crippen molar-refractivity contribution in [3.8, 4) is 0 Å². The maximum absolute atomic E-state index is 12.0. The number of benzene rings is 2. The lowest BCUT2D eigenvalue weighted by Gasteiger charge is -1.98. The van der Waals surface area contributed by atoms with Crippen LogP contribution < -0.4 is 0 Å². The van der Waals surface area contributed by atoms with Gasteiger partial charge in [0, 0.05) is 23.4 Å². The van der Waals surface area contributed by atoms with Crippen molar-refractivity contribution in [3.63, 3.8) is 0 Å². The normalized spacial score (nSPS) is 11.7. The molecule has 2 aromatic carbocycles. The number of hydrogen-bond acceptors (Lipinski definition) is 4. The van der Waals surface area contributed by atoms with Crippen LogP contribution in [0.25, 0.3) is 0 Å². The molecule has 21 heavy (non-hydrogen) atoms. The molecule has 0 spiro atoms. The summed E-state index contributed by atoms with van der Waals surface area (Å²) in [6, 6.07) is 11.1. The van der Waals surface area contributed by atoms with Crippen LogP contribution in [0.2, 0.25) is 5.02 Å². The molecule has 0 atom stereocenters. The van der Waals surface area contributed by atoms with E-state index in [0.717, 1.165) is 24.3 Å². The van der Waals surface area contributed by atoms with Crippen LogP contribution in [0, 0.1) is 10.1 Å². The van der Waals surface area contributed by atoms with Gasteiger partial charge in [0.2, 0.25) is 0 Å². The Labute approximate surface area is 125 Å². The Bertz CT molecular complexity index is 801. The van der Waals surface area contributed by atoms with E-state index in [0.29, 0.717) is 10.6 Å². The van der Waals surface area contributed by atoms with Crippen LogP contribution >= 0.6 is 11.6 Å². The Morgan fingerprint density at radius 2 is 1.81 bits per heavy atom. The largest absolute Gasteiger partial charge is 0.282 e. The monoisotopic (exact) mass is 324 g/mol. The number of nitrogens with zero attached hydrogens (tertiary/aromatic N) is 2. The second-order valence-electron chi connectivity index (χ2n) is 4.02. The number of non-ortho nitro benzene ring substituents is 1. The molecule has 0 amide bonds. The third-order valence-electron chi connectivity index (χ3n) is 2.53. The zero-order valence-corrected chi connectivity index (χ0v) is 12.1. The second-order valence-corrected chi connectivity index (χ2v) is 6.08. The van der Waals surface area contributed by atoms with E-state index in [2.05, 4.69) is 4.40 Å². The summed E-state index contributed by atoms with van der Waals surface area (Å²) in [5, 5.41) is 11.0. The summed E-state index contributed by atoms with van der Waals surface area (Å²) in [5.74, 6) is 0. The molecule has 2 rings (SSSR count). The number of rotatable bonds is 4. The molecule has 0 radical (unpaired) electrons. The summed E-state index contributed by atoms with van der Waals surface area (Å²) in [6.07, 6.45) is 1.17. The molecule has 0 fully saturated rings. The lowest BCUT2D eigenvalue weighted by molar-refractivity contribution is -0.384. The van der Waals surface area contributed by atoms with E-state index < -0.39 is 14.9 Å². The molecule has 0 N–H and O–H groups in total. The molecule has 0 saturated carbocycles. The molecule has 0 aliphatic heterocycles. The second kappa shape index (κ2) is 6.02. The van der Waals surface area contributed by atoms with Crippen LogP contribution in [0.5, 0.6) is 0 Å². The lowest BCUT2D eigenvalue weighted by atomic mass is 10.2. The summed E-state index contributed by atoms with van der Waals surface area (Å²) in [7, 11) is -3.91. The first-order valence-corrected chi connectivity index (χ1v) is 7.51. The molecule has 0 aliphatic rings. The van der Waals surface area contributed by atoms with Gasteiger partial charge in [0.1, 0.15) is 0 Å². The topological polar surface area (TPSA) is 89.6 Å². The van der Waals surface area contributed by atoms with Crippen LogP contribution in [0.15, 0.2) is 57.8 Å². The first-order chi connectivity index (χ1) is 9.88. The van der Waals surface area contributed by atoms with Crippen molar-refractivity contribution in [1.29, 1.82) is 0 Å². The average Bonchev–Trinajstić information content (AvgIpc) is 2.45. The first kappa shape index (κ1) is 15.1. The predicted octanol–water partition coefficient (Wildman–Crippen LogP) is 3.06. The van der Waals surface area contributed by atoms with Gasteiger partial charge in [-0.3, -0.25) is 10.1 Å². The maximum Gasteiger partial charge on any atom is 0.282 e. The SMILES string of the molecule is O=[N+]([O-])c1ccc(S(=O)(=O)/N=C/c2cccc(Cl)c2)cc1. The van der Waals surface area contributed by atoms with Crippen LogP contribution in [-0.2, 0) is 10.0 Å². The van der Waals surface area contributed by atoms with Crippen molar-refractivity contribution in [1.82, 2.24) is 0 Å². The average molecular weight is 325 g/mol. The maximum atomic E-state index is 12.0. The fourth-order valence-corrected chi connectivity index (χ4v) is 2.58. The van der Waals surface area contributed by atoms with Crippen LogP contribution in [0.4, 0.5) is 5.69 Å². The first-order valence-electron chi connectivity index (χ1n) is 5.69. The highest BCUT2D eigenvalue weighted by Gasteiger charge is 2.14. The van der Waals surface area contributed by atoms with Gasteiger partial charge in [-0.1, -0.05) is 23.7 Å². The van der Waals surface area contributed by atoms with E-state index in [9.17, 15) is 18.5 Å². The highest BCUT2D eigenvalue weighted by Crippen LogP contribution is 2.18. The molecular weight excluding hydrogens is 316 g/mol. The Morgan fingerprint density at radius 1 is 1.14 bits per heavy atom. The minimum atomic E-state index is -3.91. The van der Waals surface area contributed by atoms with Crippen LogP contribution in [0.3, 0.4) is 0 Å². The van der Waals surface area contributed by atoms with Crippen LogP contribution in [-0.4, -0.2) is 19.6 Å². The fourth-order valence-electron chi connectivity index (χ4n) is 1.52. The quantitative estimate of drug-likeness (QED) is 0.491. The standard InChI is InChI=1S/C13H9ClN2O4S/c14-11-3-1-2-10(8-11)9-15-21(19,20)13-6-4-12(5-7-13)16(17)18/h1-9H/b15-9+. The zero-order chi connectivity index (χ0) is 15.5. The van der Waals surface area contributed by atoms with E-state index in [-0.39, 0.29) is 10.6 Å². The van der Waals surface area contributed by atoms with Gasteiger partial charge in [-0.2, -0.15) is 12.8 Å². The lowest BCUT2D eigenvalue weighted by Crippen LogP contribution is -1.98. The molecule has 6 nitrogen and oxygen atoms in total. The third-order valence-corrected chi connectivity index (χ3v) is 4.02. The number of nitro groups is 1. The molecule has 2 aromatic rings. The minimum absolute atomic E-state index is 0.119. The fraction of sp³-hybridized carbons (Fsp3) is 0. The summed E-state index contributed by atoms with van der Waals surface area (Å²) in [5.41, 5.74) is 0.348. The molecular formula is C13H9ClN2O4S. The zero-order valence-electron chi connectivity index (χ0n) is 10.5. The van der Waals surface area contributed by atoms with Gasteiger partial charge >= 0.3 is 0 Å². The molecule has 0 unspecified atom stereocenters. The van der Waals surface area contributed by atoms with Crippen molar-refractivity contribution >= 4 is 33.5 Å². The number of nitro benzene ring substituents is 1. The molecule has 0 saturated heterocycles. The summed E-state index contributed by atoms with van der Waals surface area (Å²) in [4.78, 5) is 9.79. The van der Waals surface area contributed by atoms with Crippen molar-refractivity contribution < 1.29 is 13.3 Å². The highest BCUT2D eigenvalue weighted by molar-refractivity contribution is 7.90. The highest BCUT2D eigenvalue weighted by atomic mass is 35.5. The third kappa shape index (κ3) is 3.87. The van der Waals surface area contributed by atoms with Gasteiger partial charge in [0.15, 0.2) is 0 Å². The number of halogens is 1. The van der Waals surface area contributed by atoms with Crippen molar-refractivity contribution in [2.24, 2.45) is 4.40 Å². The number of hydrogen-bond donors (Lipinski definition) is 0. The van der Waals surface area contributed by atoms with E-state index in [1.807, 2.05) is 0 Å². The van der Waals surface area contributed by atoms with E-state index in [1.54, 1.807) is 24.3 Å².